The third-order valence-electron chi connectivity index (χ3n) is 7.29. The van der Waals surface area contributed by atoms with E-state index < -0.39 is 30.1 Å². The summed E-state index contributed by atoms with van der Waals surface area (Å²) < 4.78 is 11.1. The summed E-state index contributed by atoms with van der Waals surface area (Å²) >= 11 is 0. The van der Waals surface area contributed by atoms with E-state index in [1.807, 2.05) is 24.3 Å². The van der Waals surface area contributed by atoms with Crippen molar-refractivity contribution in [3.8, 4) is 11.1 Å². The quantitative estimate of drug-likeness (QED) is 0.673. The SMILES string of the molecule is CN1CCN(C(=O)C2COCC2NC(=O)OCC2c3ccccc3-c3ccccc32)CC1C(=O)O. The Hall–Kier alpha value is -3.43. The van der Waals surface area contributed by atoms with Gasteiger partial charge in [0.05, 0.1) is 25.2 Å². The average molecular weight is 480 g/mol. The molecule has 184 valence electrons. The molecule has 2 fully saturated rings. The van der Waals surface area contributed by atoms with Crippen LogP contribution in [-0.2, 0) is 19.1 Å². The number of carboxylic acids is 1. The number of nitrogens with zero attached hydrogens (tertiary/aromatic N) is 2. The lowest BCUT2D eigenvalue weighted by molar-refractivity contribution is -0.149. The molecule has 0 radical (unpaired) electrons. The smallest absolute Gasteiger partial charge is 0.407 e. The van der Waals surface area contributed by atoms with E-state index in [1.165, 1.54) is 0 Å². The van der Waals surface area contributed by atoms with Crippen LogP contribution in [0, 0.1) is 5.92 Å². The maximum absolute atomic E-state index is 13.2. The standard InChI is InChI=1S/C26H29N3O6/c1-28-10-11-29(12-23(28)25(31)32)24(30)21-13-34-15-22(21)27-26(33)35-14-20-18-8-4-2-6-16(18)17-7-3-5-9-19(17)20/h2-9,20-23H,10-15H2,1H3,(H,27,33)(H,31,32). The van der Waals surface area contributed by atoms with Crippen LogP contribution < -0.4 is 5.32 Å². The zero-order valence-corrected chi connectivity index (χ0v) is 19.6. The van der Waals surface area contributed by atoms with Crippen molar-refractivity contribution in [3.63, 3.8) is 0 Å². The van der Waals surface area contributed by atoms with Gasteiger partial charge in [-0.1, -0.05) is 48.5 Å². The van der Waals surface area contributed by atoms with Gasteiger partial charge in [-0.3, -0.25) is 14.5 Å². The molecule has 0 aromatic heterocycles. The molecular weight excluding hydrogens is 450 g/mol. The molecule has 2 aliphatic heterocycles. The van der Waals surface area contributed by atoms with Crippen LogP contribution in [0.4, 0.5) is 4.79 Å². The van der Waals surface area contributed by atoms with Crippen molar-refractivity contribution in [1.29, 1.82) is 0 Å². The number of carbonyl (C=O) groups is 3. The topological polar surface area (TPSA) is 108 Å². The summed E-state index contributed by atoms with van der Waals surface area (Å²) in [5.74, 6) is -1.79. The Kier molecular flexibility index (Phi) is 6.44. The molecule has 0 bridgehead atoms. The van der Waals surface area contributed by atoms with Crippen LogP contribution in [-0.4, -0.2) is 91.5 Å². The van der Waals surface area contributed by atoms with Crippen LogP contribution in [0.15, 0.2) is 48.5 Å². The van der Waals surface area contributed by atoms with Gasteiger partial charge in [-0.25, -0.2) is 4.79 Å². The number of fused-ring (bicyclic) bond motifs is 3. The van der Waals surface area contributed by atoms with Crippen LogP contribution in [0.2, 0.25) is 0 Å². The van der Waals surface area contributed by atoms with Gasteiger partial charge < -0.3 is 24.8 Å². The third kappa shape index (κ3) is 4.49. The number of hydrogen-bond donors (Lipinski definition) is 2. The van der Waals surface area contributed by atoms with Crippen LogP contribution in [0.1, 0.15) is 17.0 Å². The first-order chi connectivity index (χ1) is 16.9. The largest absolute Gasteiger partial charge is 0.480 e. The number of ether oxygens (including phenoxy) is 2. The van der Waals surface area contributed by atoms with Crippen molar-refractivity contribution in [1.82, 2.24) is 15.1 Å². The van der Waals surface area contributed by atoms with Gasteiger partial charge in [-0.15, -0.1) is 0 Å². The monoisotopic (exact) mass is 479 g/mol. The lowest BCUT2D eigenvalue weighted by atomic mass is 9.98. The van der Waals surface area contributed by atoms with Gasteiger partial charge in [0.15, 0.2) is 0 Å². The Balaban J connectivity index is 1.20. The van der Waals surface area contributed by atoms with Crippen molar-refractivity contribution in [2.75, 3.05) is 46.5 Å². The van der Waals surface area contributed by atoms with E-state index in [9.17, 15) is 19.5 Å². The summed E-state index contributed by atoms with van der Waals surface area (Å²) in [4.78, 5) is 40.7. The molecule has 0 spiro atoms. The zero-order chi connectivity index (χ0) is 24.5. The maximum atomic E-state index is 13.2. The summed E-state index contributed by atoms with van der Waals surface area (Å²) in [5, 5.41) is 12.2. The molecule has 9 nitrogen and oxygen atoms in total. The summed E-state index contributed by atoms with van der Waals surface area (Å²) in [6.07, 6.45) is -0.595. The minimum Gasteiger partial charge on any atom is -0.480 e. The average Bonchev–Trinajstić information content (AvgIpc) is 3.45. The predicted octanol–water partition coefficient (Wildman–Crippen LogP) is 1.77. The van der Waals surface area contributed by atoms with Crippen molar-refractivity contribution in [2.45, 2.75) is 18.0 Å². The number of carbonyl (C=O) groups excluding carboxylic acids is 2. The summed E-state index contributed by atoms with van der Waals surface area (Å²) in [5.41, 5.74) is 4.56. The number of aliphatic carboxylic acids is 1. The minimum atomic E-state index is -0.957. The Bertz CT molecular complexity index is 1090. The Morgan fingerprint density at radius 1 is 1.03 bits per heavy atom. The molecule has 3 atom stereocenters. The van der Waals surface area contributed by atoms with Crippen molar-refractivity contribution >= 4 is 18.0 Å². The number of likely N-dealkylation sites (N-methyl/N-ethyl adjacent to an activating group) is 1. The second-order valence-corrected chi connectivity index (χ2v) is 9.34. The van der Waals surface area contributed by atoms with E-state index in [4.69, 9.17) is 9.47 Å². The second-order valence-electron chi connectivity index (χ2n) is 9.34. The van der Waals surface area contributed by atoms with Gasteiger partial charge in [0.2, 0.25) is 5.91 Å². The number of hydrogen-bond acceptors (Lipinski definition) is 6. The fraction of sp³-hybridized carbons (Fsp3) is 0.423. The van der Waals surface area contributed by atoms with E-state index in [0.29, 0.717) is 13.1 Å². The Labute approximate surface area is 203 Å². The summed E-state index contributed by atoms with van der Waals surface area (Å²) in [6, 6.07) is 15.0. The molecule has 1 aliphatic carbocycles. The highest BCUT2D eigenvalue weighted by Crippen LogP contribution is 2.44. The zero-order valence-electron chi connectivity index (χ0n) is 19.6. The van der Waals surface area contributed by atoms with Crippen LogP contribution in [0.3, 0.4) is 0 Å². The van der Waals surface area contributed by atoms with Gasteiger partial charge in [0.1, 0.15) is 12.6 Å². The molecule has 2 aromatic rings. The molecule has 35 heavy (non-hydrogen) atoms. The number of alkyl carbamates (subject to hydrolysis) is 1. The predicted molar refractivity (Wildman–Crippen MR) is 127 cm³/mol. The van der Waals surface area contributed by atoms with Gasteiger partial charge in [-0.2, -0.15) is 0 Å². The molecule has 2 aromatic carbocycles. The molecule has 5 rings (SSSR count). The first-order valence-corrected chi connectivity index (χ1v) is 11.8. The fourth-order valence-electron chi connectivity index (χ4n) is 5.31. The number of benzene rings is 2. The Morgan fingerprint density at radius 2 is 1.69 bits per heavy atom. The van der Waals surface area contributed by atoms with Gasteiger partial charge in [0, 0.05) is 25.6 Å². The van der Waals surface area contributed by atoms with E-state index in [-0.39, 0.29) is 38.2 Å². The van der Waals surface area contributed by atoms with Crippen molar-refractivity contribution in [3.05, 3.63) is 59.7 Å². The molecule has 9 heteroatoms. The highest BCUT2D eigenvalue weighted by atomic mass is 16.5. The minimum absolute atomic E-state index is 0.0521. The fourth-order valence-corrected chi connectivity index (χ4v) is 5.31. The van der Waals surface area contributed by atoms with E-state index in [1.54, 1.807) is 16.8 Å². The van der Waals surface area contributed by atoms with Crippen LogP contribution in [0.25, 0.3) is 11.1 Å². The molecule has 3 aliphatic rings. The number of piperazine rings is 1. The van der Waals surface area contributed by atoms with E-state index in [0.717, 1.165) is 22.3 Å². The highest BCUT2D eigenvalue weighted by molar-refractivity contribution is 5.83. The first kappa shape index (κ1) is 23.3. The highest BCUT2D eigenvalue weighted by Gasteiger charge is 2.41. The molecule has 0 saturated carbocycles. The lowest BCUT2D eigenvalue weighted by Crippen LogP contribution is -2.58. The Morgan fingerprint density at radius 3 is 2.34 bits per heavy atom. The molecular formula is C26H29N3O6. The number of carboxylic acid groups (broad SMARTS) is 1. The number of rotatable bonds is 5. The normalized spacial score (nSPS) is 24.0. The molecule has 3 unspecified atom stereocenters. The molecule has 2 saturated heterocycles. The lowest BCUT2D eigenvalue weighted by Gasteiger charge is -2.38. The summed E-state index contributed by atoms with van der Waals surface area (Å²) in [6.45, 7) is 1.59. The van der Waals surface area contributed by atoms with Crippen LogP contribution in [0.5, 0.6) is 0 Å². The van der Waals surface area contributed by atoms with E-state index in [2.05, 4.69) is 29.6 Å². The van der Waals surface area contributed by atoms with Gasteiger partial charge >= 0.3 is 12.1 Å². The second kappa shape index (κ2) is 9.67. The molecule has 2 heterocycles. The van der Waals surface area contributed by atoms with Crippen molar-refractivity contribution < 1.29 is 29.0 Å². The number of nitrogens with one attached hydrogen (secondary N) is 1. The maximum Gasteiger partial charge on any atom is 0.407 e. The van der Waals surface area contributed by atoms with Crippen molar-refractivity contribution in [2.24, 2.45) is 5.92 Å². The number of amides is 2. The first-order valence-electron chi connectivity index (χ1n) is 11.8. The third-order valence-corrected chi connectivity index (χ3v) is 7.29. The molecule has 2 amide bonds. The van der Waals surface area contributed by atoms with E-state index >= 15 is 0 Å². The van der Waals surface area contributed by atoms with Gasteiger partial charge in [-0.05, 0) is 29.3 Å². The van der Waals surface area contributed by atoms with Crippen LogP contribution >= 0.6 is 0 Å². The van der Waals surface area contributed by atoms with Gasteiger partial charge in [0.25, 0.3) is 0 Å². The molecule has 2 N–H and O–H groups in total. The summed E-state index contributed by atoms with van der Waals surface area (Å²) in [7, 11) is 1.74.